The standard InChI is InChI=1S/C23H32N4O2S.HI/c1-3-24-23(25-14-16-30(28)18-19-9-5-4-6-10-19)26-20-13-15-27(17-20)21-11-7-8-12-22(21)29-2;/h4-12,20H,3,13-18H2,1-2H3,(H2,24,25,26);1H. The summed E-state index contributed by atoms with van der Waals surface area (Å²) in [5.74, 6) is 2.83. The van der Waals surface area contributed by atoms with E-state index in [0.29, 0.717) is 24.1 Å². The molecule has 1 aliphatic heterocycles. The minimum atomic E-state index is -0.914. The predicted molar refractivity (Wildman–Crippen MR) is 141 cm³/mol. The van der Waals surface area contributed by atoms with E-state index in [1.54, 1.807) is 7.11 Å². The predicted octanol–water partition coefficient (Wildman–Crippen LogP) is 3.40. The summed E-state index contributed by atoms with van der Waals surface area (Å²) in [4.78, 5) is 6.99. The first-order chi connectivity index (χ1) is 14.7. The SMILES string of the molecule is CCNC(=NCCS(=O)Cc1ccccc1)NC1CCN(c2ccccc2OC)C1.I. The summed E-state index contributed by atoms with van der Waals surface area (Å²) in [6.07, 6.45) is 1.03. The number of nitrogens with zero attached hydrogens (tertiary/aromatic N) is 2. The molecule has 0 aromatic heterocycles. The van der Waals surface area contributed by atoms with Crippen molar-refractivity contribution in [2.45, 2.75) is 25.1 Å². The van der Waals surface area contributed by atoms with Gasteiger partial charge in [0, 0.05) is 48.0 Å². The fraction of sp³-hybridized carbons (Fsp3) is 0.435. The number of rotatable bonds is 9. The van der Waals surface area contributed by atoms with Crippen LogP contribution in [-0.4, -0.2) is 55.3 Å². The zero-order valence-corrected chi connectivity index (χ0v) is 21.4. The summed E-state index contributed by atoms with van der Waals surface area (Å²) in [5.41, 5.74) is 2.23. The van der Waals surface area contributed by atoms with Crippen molar-refractivity contribution in [2.24, 2.45) is 4.99 Å². The molecule has 1 fully saturated rings. The molecule has 170 valence electrons. The Morgan fingerprint density at radius 1 is 1.19 bits per heavy atom. The smallest absolute Gasteiger partial charge is 0.191 e. The van der Waals surface area contributed by atoms with Gasteiger partial charge in [0.15, 0.2) is 5.96 Å². The molecule has 0 saturated carbocycles. The maximum atomic E-state index is 12.3. The molecule has 0 spiro atoms. The number of ether oxygens (including phenoxy) is 1. The Kier molecular flexibility index (Phi) is 11.1. The number of para-hydroxylation sites is 2. The van der Waals surface area contributed by atoms with Crippen molar-refractivity contribution in [3.8, 4) is 5.75 Å². The fourth-order valence-electron chi connectivity index (χ4n) is 3.59. The van der Waals surface area contributed by atoms with Gasteiger partial charge in [-0.1, -0.05) is 42.5 Å². The van der Waals surface area contributed by atoms with Crippen molar-refractivity contribution in [1.29, 1.82) is 0 Å². The van der Waals surface area contributed by atoms with E-state index in [2.05, 4.69) is 33.5 Å². The van der Waals surface area contributed by atoms with Crippen LogP contribution < -0.4 is 20.3 Å². The number of aliphatic imine (C=N–C) groups is 1. The van der Waals surface area contributed by atoms with E-state index in [9.17, 15) is 4.21 Å². The Morgan fingerprint density at radius 2 is 1.94 bits per heavy atom. The van der Waals surface area contributed by atoms with Gasteiger partial charge in [0.25, 0.3) is 0 Å². The third-order valence-electron chi connectivity index (χ3n) is 5.06. The molecular formula is C23H33IN4O2S. The summed E-state index contributed by atoms with van der Waals surface area (Å²) in [5, 5.41) is 6.84. The lowest BCUT2D eigenvalue weighted by molar-refractivity contribution is 0.415. The van der Waals surface area contributed by atoms with Gasteiger partial charge in [0.05, 0.1) is 19.3 Å². The Balaban J connectivity index is 0.00000341. The molecule has 2 atom stereocenters. The van der Waals surface area contributed by atoms with Crippen LogP contribution in [0.1, 0.15) is 18.9 Å². The van der Waals surface area contributed by atoms with E-state index in [1.807, 2.05) is 48.5 Å². The maximum absolute atomic E-state index is 12.3. The Hall–Kier alpha value is -1.81. The number of hydrogen-bond donors (Lipinski definition) is 2. The van der Waals surface area contributed by atoms with Gasteiger partial charge in [-0.15, -0.1) is 24.0 Å². The molecular weight excluding hydrogens is 523 g/mol. The van der Waals surface area contributed by atoms with Gasteiger partial charge in [-0.2, -0.15) is 0 Å². The minimum Gasteiger partial charge on any atom is -0.495 e. The molecule has 2 aromatic rings. The van der Waals surface area contributed by atoms with Gasteiger partial charge in [-0.05, 0) is 31.0 Å². The highest BCUT2D eigenvalue weighted by molar-refractivity contribution is 14.0. The maximum Gasteiger partial charge on any atom is 0.191 e. The highest BCUT2D eigenvalue weighted by Crippen LogP contribution is 2.30. The average molecular weight is 557 g/mol. The van der Waals surface area contributed by atoms with Crippen LogP contribution in [0.4, 0.5) is 5.69 Å². The van der Waals surface area contributed by atoms with E-state index >= 15 is 0 Å². The van der Waals surface area contributed by atoms with Crippen molar-refractivity contribution < 1.29 is 8.95 Å². The summed E-state index contributed by atoms with van der Waals surface area (Å²) in [6.45, 7) is 5.25. The third-order valence-corrected chi connectivity index (χ3v) is 6.35. The number of halogens is 1. The van der Waals surface area contributed by atoms with Gasteiger partial charge in [-0.25, -0.2) is 0 Å². The van der Waals surface area contributed by atoms with Gasteiger partial charge in [0.2, 0.25) is 0 Å². The second-order valence-corrected chi connectivity index (χ2v) is 8.86. The van der Waals surface area contributed by atoms with Crippen LogP contribution in [0.5, 0.6) is 5.75 Å². The average Bonchev–Trinajstić information content (AvgIpc) is 3.23. The van der Waals surface area contributed by atoms with Crippen LogP contribution >= 0.6 is 24.0 Å². The van der Waals surface area contributed by atoms with Crippen LogP contribution in [0.2, 0.25) is 0 Å². The van der Waals surface area contributed by atoms with Crippen LogP contribution in [0.15, 0.2) is 59.6 Å². The summed E-state index contributed by atoms with van der Waals surface area (Å²) in [7, 11) is 0.796. The minimum absolute atomic E-state index is 0. The lowest BCUT2D eigenvalue weighted by atomic mass is 10.2. The van der Waals surface area contributed by atoms with Crippen LogP contribution in [0.3, 0.4) is 0 Å². The Labute approximate surface area is 205 Å². The van der Waals surface area contributed by atoms with E-state index in [4.69, 9.17) is 4.74 Å². The number of methoxy groups -OCH3 is 1. The molecule has 2 unspecified atom stereocenters. The van der Waals surface area contributed by atoms with Crippen LogP contribution in [-0.2, 0) is 16.6 Å². The van der Waals surface area contributed by atoms with E-state index < -0.39 is 10.8 Å². The number of hydrogen-bond acceptors (Lipinski definition) is 4. The topological polar surface area (TPSA) is 66.0 Å². The lowest BCUT2D eigenvalue weighted by Crippen LogP contribution is -2.44. The molecule has 2 aromatic carbocycles. The zero-order valence-electron chi connectivity index (χ0n) is 18.3. The highest BCUT2D eigenvalue weighted by Gasteiger charge is 2.25. The molecule has 0 bridgehead atoms. The van der Waals surface area contributed by atoms with Crippen molar-refractivity contribution in [1.82, 2.24) is 10.6 Å². The Morgan fingerprint density at radius 3 is 2.68 bits per heavy atom. The highest BCUT2D eigenvalue weighted by atomic mass is 127. The fourth-order valence-corrected chi connectivity index (χ4v) is 4.60. The van der Waals surface area contributed by atoms with Crippen LogP contribution in [0.25, 0.3) is 0 Å². The summed E-state index contributed by atoms with van der Waals surface area (Å²) >= 11 is 0. The second kappa shape index (κ2) is 13.6. The second-order valence-electron chi connectivity index (χ2n) is 7.28. The number of benzene rings is 2. The quantitative estimate of drug-likeness (QED) is 0.282. The molecule has 1 saturated heterocycles. The van der Waals surface area contributed by atoms with Crippen molar-refractivity contribution in [3.63, 3.8) is 0 Å². The van der Waals surface area contributed by atoms with Gasteiger partial charge in [0.1, 0.15) is 5.75 Å². The molecule has 0 aliphatic carbocycles. The van der Waals surface area contributed by atoms with Gasteiger partial charge >= 0.3 is 0 Å². The molecule has 0 amide bonds. The van der Waals surface area contributed by atoms with Gasteiger partial charge < -0.3 is 20.3 Å². The Bertz CT molecular complexity index is 850. The molecule has 6 nitrogen and oxygen atoms in total. The van der Waals surface area contributed by atoms with Gasteiger partial charge in [-0.3, -0.25) is 9.20 Å². The summed E-state index contributed by atoms with van der Waals surface area (Å²) < 4.78 is 17.8. The molecule has 3 rings (SSSR count). The van der Waals surface area contributed by atoms with Crippen LogP contribution in [0, 0.1) is 0 Å². The molecule has 1 aliphatic rings. The number of anilines is 1. The zero-order chi connectivity index (χ0) is 21.2. The molecule has 1 heterocycles. The molecule has 31 heavy (non-hydrogen) atoms. The van der Waals surface area contributed by atoms with Crippen molar-refractivity contribution in [3.05, 3.63) is 60.2 Å². The lowest BCUT2D eigenvalue weighted by Gasteiger charge is -2.22. The largest absolute Gasteiger partial charge is 0.495 e. The first-order valence-electron chi connectivity index (χ1n) is 10.5. The first kappa shape index (κ1) is 25.5. The van der Waals surface area contributed by atoms with E-state index in [-0.39, 0.29) is 24.0 Å². The molecule has 0 radical (unpaired) electrons. The van der Waals surface area contributed by atoms with Crippen molar-refractivity contribution >= 4 is 46.4 Å². The van der Waals surface area contributed by atoms with E-state index in [1.165, 1.54) is 0 Å². The summed E-state index contributed by atoms with van der Waals surface area (Å²) in [6, 6.07) is 18.4. The first-order valence-corrected chi connectivity index (χ1v) is 12.0. The van der Waals surface area contributed by atoms with E-state index in [0.717, 1.165) is 49.0 Å². The molecule has 8 heteroatoms. The van der Waals surface area contributed by atoms with Crippen molar-refractivity contribution in [2.75, 3.05) is 43.9 Å². The number of guanidine groups is 1. The third kappa shape index (κ3) is 7.99. The molecule has 2 N–H and O–H groups in total. The normalized spacial score (nSPS) is 17.0. The monoisotopic (exact) mass is 556 g/mol. The number of nitrogens with one attached hydrogen (secondary N) is 2.